The van der Waals surface area contributed by atoms with Gasteiger partial charge in [0.2, 0.25) is 6.29 Å². The van der Waals surface area contributed by atoms with Crippen LogP contribution in [-0.4, -0.2) is 119 Å². The number of aliphatic imine (C=N–C) groups is 1. The molecule has 1 aliphatic carbocycles. The third kappa shape index (κ3) is 8.17. The summed E-state index contributed by atoms with van der Waals surface area (Å²) in [6.07, 6.45) is 1.65. The van der Waals surface area contributed by atoms with Crippen LogP contribution in [0.1, 0.15) is 85.7 Å². The largest absolute Gasteiger partial charge is 0.508 e. The van der Waals surface area contributed by atoms with E-state index < -0.39 is 54.4 Å². The van der Waals surface area contributed by atoms with Crippen molar-refractivity contribution >= 4 is 40.4 Å². The molecule has 1 saturated heterocycles. The molecule has 15 heteroatoms. The molecule has 15 nitrogen and oxygen atoms in total. The highest BCUT2D eigenvalue weighted by atomic mass is 16.7. The van der Waals surface area contributed by atoms with Gasteiger partial charge in [0.15, 0.2) is 22.6 Å². The van der Waals surface area contributed by atoms with E-state index in [4.69, 9.17) is 23.7 Å². The van der Waals surface area contributed by atoms with E-state index in [9.17, 15) is 35.1 Å². The summed E-state index contributed by atoms with van der Waals surface area (Å²) < 4.78 is 32.3. The average Bonchev–Trinajstić information content (AvgIpc) is 4.10. The molecule has 0 spiro atoms. The molecule has 2 bridgehead atoms. The molecule has 0 radical (unpaired) electrons. The van der Waals surface area contributed by atoms with Crippen molar-refractivity contribution in [2.24, 2.45) is 4.99 Å². The molecule has 5 aliphatic rings. The Kier molecular flexibility index (Phi) is 12.5. The quantitative estimate of drug-likeness (QED) is 0.0628. The number of hydrogen-bond donors (Lipinski definition) is 6. The number of phenols is 2. The summed E-state index contributed by atoms with van der Waals surface area (Å²) in [4.78, 5) is 34.6. The predicted octanol–water partition coefficient (Wildman–Crippen LogP) is 6.00. The number of nitrogens with one attached hydrogen (secondary N) is 1. The maximum atomic E-state index is 14.8. The minimum Gasteiger partial charge on any atom is -0.508 e. The molecule has 4 heterocycles. The third-order valence-electron chi connectivity index (χ3n) is 13.9. The second-order valence-corrected chi connectivity index (χ2v) is 18.2. The van der Waals surface area contributed by atoms with Crippen LogP contribution in [-0.2, 0) is 33.9 Å². The number of aliphatic hydroxyl groups is 3. The number of benzene rings is 5. The zero-order valence-electron chi connectivity index (χ0n) is 37.8. The highest BCUT2D eigenvalue weighted by molar-refractivity contribution is 6.11. The van der Waals surface area contributed by atoms with Gasteiger partial charge < -0.3 is 59.4 Å². The van der Waals surface area contributed by atoms with Gasteiger partial charge >= 0.3 is 0 Å². The zero-order chi connectivity index (χ0) is 47.3. The van der Waals surface area contributed by atoms with E-state index in [1.54, 1.807) is 48.7 Å². The van der Waals surface area contributed by atoms with E-state index in [0.29, 0.717) is 40.3 Å². The molecule has 10 rings (SSSR count). The van der Waals surface area contributed by atoms with Gasteiger partial charge in [-0.2, -0.15) is 4.99 Å². The number of nitrogens with zero attached hydrogens (tertiary/aromatic N) is 2. The van der Waals surface area contributed by atoms with Crippen LogP contribution in [0, 0.1) is 5.92 Å². The van der Waals surface area contributed by atoms with E-state index >= 15 is 0 Å². The minimum absolute atomic E-state index is 0.0172. The van der Waals surface area contributed by atoms with Gasteiger partial charge in [0.05, 0.1) is 56.1 Å². The van der Waals surface area contributed by atoms with Crippen LogP contribution in [0.4, 0.5) is 5.69 Å². The Bertz CT molecular complexity index is 2820. The van der Waals surface area contributed by atoms with E-state index in [1.165, 1.54) is 24.1 Å². The first-order chi connectivity index (χ1) is 33.0. The van der Waals surface area contributed by atoms with E-state index in [0.717, 1.165) is 48.1 Å². The molecule has 5 aromatic carbocycles. The number of rotatable bonds is 12. The minimum atomic E-state index is -2.46. The molecule has 68 heavy (non-hydrogen) atoms. The molecule has 2 fully saturated rings. The lowest BCUT2D eigenvalue weighted by Gasteiger charge is -2.48. The zero-order valence-corrected chi connectivity index (χ0v) is 37.8. The number of methoxy groups -OCH3 is 1. The lowest BCUT2D eigenvalue weighted by Crippen LogP contribution is -2.70. The SMILES string of the molecule is CNCc1ccc2c(c1)[C+]([C@H]1/C=C\c3c(OC)cc4cc(C5CCCC5)c(C(=O)CN5Cc6ccccc6C5=O)c(O)c4c3O[C@H]3O[C@H](CO1)[C@@H](O)[C@H](OCc1cccc(O)c1)[C@]3(O)CO)C=N2. The summed E-state index contributed by atoms with van der Waals surface area (Å²) in [6.45, 7) is -0.919. The summed E-state index contributed by atoms with van der Waals surface area (Å²) in [5, 5.41) is 62.5. The fraction of sp³-hybridized carbons (Fsp3) is 0.358. The predicted molar refractivity (Wildman–Crippen MR) is 251 cm³/mol. The van der Waals surface area contributed by atoms with Crippen LogP contribution in [0.3, 0.4) is 0 Å². The fourth-order valence-corrected chi connectivity index (χ4v) is 10.4. The molecule has 1 amide bonds. The van der Waals surface area contributed by atoms with Gasteiger partial charge in [0.1, 0.15) is 59.5 Å². The summed E-state index contributed by atoms with van der Waals surface area (Å²) in [5.41, 5.74) is 2.94. The van der Waals surface area contributed by atoms with Gasteiger partial charge in [0.25, 0.3) is 5.91 Å². The number of carbonyl (C=O) groups excluding carboxylic acids is 2. The van der Waals surface area contributed by atoms with Gasteiger partial charge in [0, 0.05) is 30.3 Å². The Morgan fingerprint density at radius 3 is 2.62 bits per heavy atom. The van der Waals surface area contributed by atoms with Gasteiger partial charge in [-0.1, -0.05) is 43.2 Å². The van der Waals surface area contributed by atoms with Gasteiger partial charge in [-0.3, -0.25) is 9.59 Å². The number of ether oxygens (including phenoxy) is 5. The molecule has 0 aromatic heterocycles. The van der Waals surface area contributed by atoms with E-state index in [2.05, 4.69) is 10.3 Å². The molecular formula is C53H54N3O12+. The number of fused-ring (bicyclic) bond motifs is 7. The Labute approximate surface area is 393 Å². The Hall–Kier alpha value is -6.30. The smallest absolute Gasteiger partial charge is 0.254 e. The summed E-state index contributed by atoms with van der Waals surface area (Å²) in [5.74, 6) is -0.271. The number of hydrogen-bond acceptors (Lipinski definition) is 14. The van der Waals surface area contributed by atoms with Crippen molar-refractivity contribution in [2.45, 2.75) is 87.6 Å². The van der Waals surface area contributed by atoms with Gasteiger partial charge in [-0.25, -0.2) is 0 Å². The monoisotopic (exact) mass is 924 g/mol. The molecular weight excluding hydrogens is 871 g/mol. The van der Waals surface area contributed by atoms with Crippen LogP contribution in [0.15, 0.2) is 89.9 Å². The highest BCUT2D eigenvalue weighted by Gasteiger charge is 2.58. The number of ketones is 1. The first-order valence-corrected chi connectivity index (χ1v) is 23.0. The van der Waals surface area contributed by atoms with Crippen molar-refractivity contribution < 1.29 is 58.8 Å². The van der Waals surface area contributed by atoms with Crippen LogP contribution in [0.2, 0.25) is 0 Å². The maximum Gasteiger partial charge on any atom is 0.254 e. The first-order valence-electron chi connectivity index (χ1n) is 23.0. The Morgan fingerprint density at radius 2 is 1.85 bits per heavy atom. The molecule has 352 valence electrons. The first kappa shape index (κ1) is 45.5. The molecule has 5 aromatic rings. The average molecular weight is 925 g/mol. The van der Waals surface area contributed by atoms with Gasteiger partial charge in [-0.15, -0.1) is 0 Å². The summed E-state index contributed by atoms with van der Waals surface area (Å²) in [7, 11) is 3.36. The number of amides is 1. The molecule has 4 aliphatic heterocycles. The standard InChI is InChI=1S/C53H53N3O12/c1-54-22-29-14-16-40-38(19-29)39(23-55-40)42-17-15-36-43(64-2)21-33-20-37(31-9-3-4-10-31)46(41(59)25-56-24-32-11-5-6-13-35(32)51(56)62)48(61)45(33)49(36)68-52-53(63,28-57)50(47(60)44(67-52)27-65-42)66-26-30-8-7-12-34(58)18-30/h5-8,11-21,23,31,42,44,47,50,52,54,57,60,63H,3-4,9-10,22,24-28H2,1-2H3,(H-,58,59,61)/p+1/b17-15-/t42-,44-,47-,50+,52-,53-/m1/s1. The normalized spacial score (nSPS) is 24.9. The van der Waals surface area contributed by atoms with Crippen molar-refractivity contribution in [3.63, 3.8) is 0 Å². The summed E-state index contributed by atoms with van der Waals surface area (Å²) in [6, 6.07) is 23.1. The molecule has 6 N–H and O–H groups in total. The van der Waals surface area contributed by atoms with E-state index in [1.807, 2.05) is 43.4 Å². The van der Waals surface area contributed by atoms with Crippen molar-refractivity contribution in [3.8, 4) is 23.0 Å². The Balaban J connectivity index is 1.14. The lowest BCUT2D eigenvalue weighted by atomic mass is 9.86. The van der Waals surface area contributed by atoms with Crippen molar-refractivity contribution in [1.82, 2.24) is 10.2 Å². The second kappa shape index (κ2) is 18.7. The maximum absolute atomic E-state index is 14.8. The van der Waals surface area contributed by atoms with Crippen molar-refractivity contribution in [1.29, 1.82) is 0 Å². The number of Topliss-reactive ketones (excluding diaryl/α,β-unsaturated/α-hetero) is 1. The van der Waals surface area contributed by atoms with Crippen LogP contribution < -0.4 is 14.8 Å². The fourth-order valence-electron chi connectivity index (χ4n) is 10.4. The molecule has 1 saturated carbocycles. The van der Waals surface area contributed by atoms with Crippen molar-refractivity contribution in [3.05, 3.63) is 135 Å². The third-order valence-corrected chi connectivity index (χ3v) is 13.9. The molecule has 6 atom stereocenters. The number of aliphatic hydroxyl groups excluding tert-OH is 2. The number of carbonyl (C=O) groups is 2. The van der Waals surface area contributed by atoms with Crippen molar-refractivity contribution in [2.75, 3.05) is 33.9 Å². The van der Waals surface area contributed by atoms with Crippen LogP contribution in [0.25, 0.3) is 16.8 Å². The second-order valence-electron chi connectivity index (χ2n) is 18.2. The highest BCUT2D eigenvalue weighted by Crippen LogP contribution is 2.50. The Morgan fingerprint density at radius 1 is 1.03 bits per heavy atom. The van der Waals surface area contributed by atoms with Crippen LogP contribution >= 0.6 is 0 Å². The summed E-state index contributed by atoms with van der Waals surface area (Å²) >= 11 is 0. The molecule has 0 unspecified atom stereocenters. The lowest BCUT2D eigenvalue weighted by molar-refractivity contribution is -0.337. The van der Waals surface area contributed by atoms with Crippen LogP contribution in [0.5, 0.6) is 23.0 Å². The van der Waals surface area contributed by atoms with Gasteiger partial charge in [-0.05, 0) is 96.4 Å². The topological polar surface area (TPSA) is 209 Å². The number of phenolic OH excluding ortho intramolecular Hbond substituents is 2. The number of aromatic hydroxyl groups is 2. The van der Waals surface area contributed by atoms with E-state index in [-0.39, 0.29) is 66.1 Å².